The van der Waals surface area contributed by atoms with Crippen molar-refractivity contribution in [2.45, 2.75) is 56.6 Å². The zero-order valence-corrected chi connectivity index (χ0v) is 19.5. The lowest BCUT2D eigenvalue weighted by Crippen LogP contribution is -2.51. The highest BCUT2D eigenvalue weighted by Gasteiger charge is 2.44. The maximum Gasteiger partial charge on any atom is 0.159 e. The van der Waals surface area contributed by atoms with Crippen molar-refractivity contribution in [2.24, 2.45) is 0 Å². The molecule has 2 aliphatic rings. The number of nitrogens with one attached hydrogen (secondary N) is 1. The van der Waals surface area contributed by atoms with E-state index in [1.54, 1.807) is 0 Å². The minimum atomic E-state index is -0.995. The van der Waals surface area contributed by atoms with Crippen LogP contribution >= 0.6 is 27.5 Å². The van der Waals surface area contributed by atoms with Gasteiger partial charge in [0.05, 0.1) is 5.60 Å². The maximum absolute atomic E-state index is 13.4. The third-order valence-electron chi connectivity index (χ3n) is 6.35. The SMILES string of the molecule is CC1CC(O)(C(C2=Cc3cc(Br)ccc3CCCC2=O)c2ccc(Cl)cc2)CCN1. The molecule has 2 aromatic carbocycles. The lowest BCUT2D eigenvalue weighted by atomic mass is 9.69. The molecule has 0 saturated carbocycles. The average molecular weight is 489 g/mol. The standard InChI is InChI=1S/C25H27BrClNO2/c1-16-15-25(30,11-12-28-16)24(18-6-9-21(27)10-7-18)22-14-19-13-20(26)8-5-17(19)3-2-4-23(22)29/h5-10,13-14,16,24,28,30H,2-4,11-12,15H2,1H3. The van der Waals surface area contributed by atoms with Gasteiger partial charge in [-0.2, -0.15) is 0 Å². The summed E-state index contributed by atoms with van der Waals surface area (Å²) in [4.78, 5) is 13.4. The van der Waals surface area contributed by atoms with E-state index in [1.165, 1.54) is 5.56 Å². The van der Waals surface area contributed by atoms with E-state index in [2.05, 4.69) is 46.4 Å². The van der Waals surface area contributed by atoms with E-state index in [0.717, 1.165) is 35.0 Å². The summed E-state index contributed by atoms with van der Waals surface area (Å²) in [6.45, 7) is 2.81. The normalized spacial score (nSPS) is 25.7. The summed E-state index contributed by atoms with van der Waals surface area (Å²) in [6, 6.07) is 14.0. The lowest BCUT2D eigenvalue weighted by Gasteiger charge is -2.43. The largest absolute Gasteiger partial charge is 0.389 e. The molecule has 0 amide bonds. The number of carbonyl (C=O) groups is 1. The maximum atomic E-state index is 13.4. The first-order valence-electron chi connectivity index (χ1n) is 10.6. The Labute approximate surface area is 191 Å². The van der Waals surface area contributed by atoms with Gasteiger partial charge in [0, 0.05) is 33.4 Å². The molecule has 3 unspecified atom stereocenters. The van der Waals surface area contributed by atoms with Gasteiger partial charge in [0.15, 0.2) is 5.78 Å². The molecule has 158 valence electrons. The fourth-order valence-electron chi connectivity index (χ4n) is 4.94. The number of hydrogen-bond donors (Lipinski definition) is 2. The number of ketones is 1. The van der Waals surface area contributed by atoms with Gasteiger partial charge in [0.1, 0.15) is 0 Å². The molecule has 0 aromatic heterocycles. The summed E-state index contributed by atoms with van der Waals surface area (Å²) in [6.07, 6.45) is 5.40. The van der Waals surface area contributed by atoms with Gasteiger partial charge >= 0.3 is 0 Å². The Morgan fingerprint density at radius 1 is 1.20 bits per heavy atom. The van der Waals surface area contributed by atoms with Crippen LogP contribution < -0.4 is 5.32 Å². The average Bonchev–Trinajstić information content (AvgIpc) is 2.69. The third-order valence-corrected chi connectivity index (χ3v) is 7.10. The minimum absolute atomic E-state index is 0.125. The highest BCUT2D eigenvalue weighted by Crippen LogP contribution is 2.44. The Morgan fingerprint density at radius 3 is 2.70 bits per heavy atom. The molecule has 3 atom stereocenters. The molecule has 1 heterocycles. The Morgan fingerprint density at radius 2 is 1.97 bits per heavy atom. The van der Waals surface area contributed by atoms with E-state index in [9.17, 15) is 9.90 Å². The summed E-state index contributed by atoms with van der Waals surface area (Å²) in [7, 11) is 0. The number of rotatable bonds is 3. The number of carbonyl (C=O) groups excluding carboxylic acids is 1. The molecule has 30 heavy (non-hydrogen) atoms. The number of Topliss-reactive ketones (excluding diaryl/α,β-unsaturated/α-hetero) is 1. The van der Waals surface area contributed by atoms with Crippen molar-refractivity contribution in [1.29, 1.82) is 0 Å². The molecule has 2 aromatic rings. The second kappa shape index (κ2) is 8.96. The van der Waals surface area contributed by atoms with Gasteiger partial charge in [0.25, 0.3) is 0 Å². The highest BCUT2D eigenvalue weighted by atomic mass is 79.9. The molecule has 3 nitrogen and oxygen atoms in total. The van der Waals surface area contributed by atoms with Crippen molar-refractivity contribution in [2.75, 3.05) is 6.54 Å². The van der Waals surface area contributed by atoms with Crippen LogP contribution in [0.1, 0.15) is 55.2 Å². The molecule has 1 aliphatic carbocycles. The van der Waals surface area contributed by atoms with E-state index >= 15 is 0 Å². The van der Waals surface area contributed by atoms with E-state index in [4.69, 9.17) is 11.6 Å². The first kappa shape index (κ1) is 21.8. The summed E-state index contributed by atoms with van der Waals surface area (Å²) in [5.74, 6) is -0.267. The monoisotopic (exact) mass is 487 g/mol. The van der Waals surface area contributed by atoms with Crippen LogP contribution in [0.4, 0.5) is 0 Å². The second-order valence-electron chi connectivity index (χ2n) is 8.62. The summed E-state index contributed by atoms with van der Waals surface area (Å²) >= 11 is 9.72. The molecule has 5 heteroatoms. The number of halogens is 2. The van der Waals surface area contributed by atoms with Gasteiger partial charge in [-0.3, -0.25) is 4.79 Å². The van der Waals surface area contributed by atoms with Gasteiger partial charge in [-0.15, -0.1) is 0 Å². The van der Waals surface area contributed by atoms with Crippen LogP contribution in [0.15, 0.2) is 52.5 Å². The van der Waals surface area contributed by atoms with E-state index in [0.29, 0.717) is 29.9 Å². The third kappa shape index (κ3) is 4.57. The van der Waals surface area contributed by atoms with Gasteiger partial charge in [-0.25, -0.2) is 0 Å². The molecular weight excluding hydrogens is 462 g/mol. The smallest absolute Gasteiger partial charge is 0.159 e. The van der Waals surface area contributed by atoms with Gasteiger partial charge < -0.3 is 10.4 Å². The first-order chi connectivity index (χ1) is 14.4. The minimum Gasteiger partial charge on any atom is -0.389 e. The highest BCUT2D eigenvalue weighted by molar-refractivity contribution is 9.10. The molecule has 0 radical (unpaired) electrons. The number of benzene rings is 2. The van der Waals surface area contributed by atoms with Crippen LogP contribution in [0.25, 0.3) is 6.08 Å². The number of aliphatic hydroxyl groups is 1. The molecule has 4 rings (SSSR count). The molecule has 1 saturated heterocycles. The van der Waals surface area contributed by atoms with Crippen molar-refractivity contribution in [3.63, 3.8) is 0 Å². The van der Waals surface area contributed by atoms with Crippen molar-refractivity contribution in [1.82, 2.24) is 5.32 Å². The van der Waals surface area contributed by atoms with Crippen molar-refractivity contribution < 1.29 is 9.90 Å². The Balaban J connectivity index is 1.89. The zero-order valence-electron chi connectivity index (χ0n) is 17.1. The van der Waals surface area contributed by atoms with Crippen LogP contribution in [-0.4, -0.2) is 29.1 Å². The van der Waals surface area contributed by atoms with E-state index in [-0.39, 0.29) is 11.8 Å². The summed E-state index contributed by atoms with van der Waals surface area (Å²) in [5, 5.41) is 16.0. The lowest BCUT2D eigenvalue weighted by molar-refractivity contribution is -0.117. The van der Waals surface area contributed by atoms with Crippen LogP contribution in [0.3, 0.4) is 0 Å². The van der Waals surface area contributed by atoms with E-state index < -0.39 is 11.5 Å². The number of piperidine rings is 1. The predicted octanol–water partition coefficient (Wildman–Crippen LogP) is 5.68. The molecule has 1 fully saturated rings. The van der Waals surface area contributed by atoms with Crippen LogP contribution in [0.2, 0.25) is 5.02 Å². The van der Waals surface area contributed by atoms with Crippen LogP contribution in [0, 0.1) is 0 Å². The predicted molar refractivity (Wildman–Crippen MR) is 126 cm³/mol. The Kier molecular flexibility index (Phi) is 6.50. The van der Waals surface area contributed by atoms with Crippen LogP contribution in [0.5, 0.6) is 0 Å². The van der Waals surface area contributed by atoms with Crippen molar-refractivity contribution in [3.05, 3.63) is 74.2 Å². The summed E-state index contributed by atoms with van der Waals surface area (Å²) in [5.41, 5.74) is 2.94. The molecular formula is C25H27BrClNO2. The topological polar surface area (TPSA) is 49.3 Å². The summed E-state index contributed by atoms with van der Waals surface area (Å²) < 4.78 is 0.988. The fourth-order valence-corrected chi connectivity index (χ4v) is 5.44. The number of aryl methyl sites for hydroxylation is 1. The quantitative estimate of drug-likeness (QED) is 0.584. The second-order valence-corrected chi connectivity index (χ2v) is 9.97. The van der Waals surface area contributed by atoms with E-state index in [1.807, 2.05) is 30.3 Å². The molecule has 2 N–H and O–H groups in total. The van der Waals surface area contributed by atoms with Gasteiger partial charge in [-0.1, -0.05) is 45.7 Å². The molecule has 0 bridgehead atoms. The van der Waals surface area contributed by atoms with Crippen LogP contribution in [-0.2, 0) is 11.2 Å². The van der Waals surface area contributed by atoms with Crippen molar-refractivity contribution in [3.8, 4) is 0 Å². The number of hydrogen-bond acceptors (Lipinski definition) is 3. The van der Waals surface area contributed by atoms with Gasteiger partial charge in [-0.05, 0) is 86.2 Å². The molecule has 1 aliphatic heterocycles. The first-order valence-corrected chi connectivity index (χ1v) is 11.8. The molecule has 0 spiro atoms. The van der Waals surface area contributed by atoms with Crippen molar-refractivity contribution >= 4 is 39.4 Å². The number of fused-ring (bicyclic) bond motifs is 1. The zero-order chi connectivity index (χ0) is 21.3. The van der Waals surface area contributed by atoms with Gasteiger partial charge in [0.2, 0.25) is 0 Å². The fraction of sp³-hybridized carbons (Fsp3) is 0.400. The Bertz CT molecular complexity index is 972. The Hall–Kier alpha value is -1.46.